The molecule has 1 amide bonds. The van der Waals surface area contributed by atoms with Crippen LogP contribution >= 0.6 is 11.3 Å². The van der Waals surface area contributed by atoms with Crippen LogP contribution in [0.2, 0.25) is 0 Å². The summed E-state index contributed by atoms with van der Waals surface area (Å²) in [5, 5.41) is 0.327. The fraction of sp³-hybridized carbons (Fsp3) is 0.333. The van der Waals surface area contributed by atoms with E-state index in [-0.39, 0.29) is 17.5 Å². The summed E-state index contributed by atoms with van der Waals surface area (Å²) >= 11 is 1.13. The van der Waals surface area contributed by atoms with Crippen molar-refractivity contribution in [2.75, 3.05) is 32.1 Å². The zero-order valence-electron chi connectivity index (χ0n) is 16.2. The first-order valence-electron chi connectivity index (χ1n) is 9.39. The molecule has 1 saturated heterocycles. The highest BCUT2D eigenvalue weighted by molar-refractivity contribution is 7.20. The van der Waals surface area contributed by atoms with Gasteiger partial charge in [0.25, 0.3) is 11.1 Å². The number of fused-ring (bicyclic) bond motifs is 1. The molecule has 1 aliphatic rings. The van der Waals surface area contributed by atoms with Crippen LogP contribution in [0.3, 0.4) is 0 Å². The van der Waals surface area contributed by atoms with Crippen molar-refractivity contribution in [3.8, 4) is 5.19 Å². The quantitative estimate of drug-likeness (QED) is 0.634. The molecule has 1 aromatic heterocycles. The monoisotopic (exact) mass is 417 g/mol. The van der Waals surface area contributed by atoms with E-state index < -0.39 is 11.6 Å². The third kappa shape index (κ3) is 4.17. The molecule has 0 spiro atoms. The largest absolute Gasteiger partial charge is 0.467 e. The van der Waals surface area contributed by atoms with Crippen molar-refractivity contribution in [1.82, 2.24) is 9.88 Å². The lowest BCUT2D eigenvalue weighted by atomic mass is 10.1. The van der Waals surface area contributed by atoms with Gasteiger partial charge in [0.1, 0.15) is 17.4 Å². The maximum atomic E-state index is 13.8. The van der Waals surface area contributed by atoms with Crippen LogP contribution in [0.25, 0.3) is 10.2 Å². The number of ether oxygens (including phenoxy) is 1. The van der Waals surface area contributed by atoms with Crippen molar-refractivity contribution < 1.29 is 18.3 Å². The van der Waals surface area contributed by atoms with Crippen molar-refractivity contribution in [2.24, 2.45) is 0 Å². The van der Waals surface area contributed by atoms with E-state index in [1.807, 2.05) is 48.2 Å². The minimum Gasteiger partial charge on any atom is -0.467 e. The second-order valence-electron chi connectivity index (χ2n) is 7.26. The zero-order valence-corrected chi connectivity index (χ0v) is 17.0. The van der Waals surface area contributed by atoms with E-state index in [2.05, 4.69) is 4.98 Å². The summed E-state index contributed by atoms with van der Waals surface area (Å²) in [6.07, 6.45) is 1.21. The number of carbonyl (C=O) groups excluding carboxylic acids is 1. The summed E-state index contributed by atoms with van der Waals surface area (Å²) in [6.45, 7) is 1.15. The van der Waals surface area contributed by atoms with Crippen LogP contribution < -0.4 is 9.64 Å². The molecule has 4 rings (SSSR count). The first-order chi connectivity index (χ1) is 13.9. The van der Waals surface area contributed by atoms with Gasteiger partial charge in [0, 0.05) is 57.3 Å². The maximum Gasteiger partial charge on any atom is 0.274 e. The highest BCUT2D eigenvalue weighted by atomic mass is 32.1. The first kappa shape index (κ1) is 19.6. The van der Waals surface area contributed by atoms with Gasteiger partial charge in [-0.15, -0.1) is 0 Å². The molecular formula is C21H21F2N3O2S. The lowest BCUT2D eigenvalue weighted by Gasteiger charge is -2.31. The first-order valence-corrected chi connectivity index (χ1v) is 10.2. The van der Waals surface area contributed by atoms with Gasteiger partial charge in [0.2, 0.25) is 0 Å². The van der Waals surface area contributed by atoms with Crippen LogP contribution in [0, 0.1) is 11.6 Å². The van der Waals surface area contributed by atoms with Gasteiger partial charge < -0.3 is 14.5 Å². The molecule has 0 unspecified atom stereocenters. The predicted molar refractivity (Wildman–Crippen MR) is 110 cm³/mol. The Bertz CT molecular complexity index is 1030. The number of hydrogen-bond donors (Lipinski definition) is 0. The summed E-state index contributed by atoms with van der Waals surface area (Å²) in [4.78, 5) is 20.7. The zero-order chi connectivity index (χ0) is 20.5. The molecule has 5 nitrogen and oxygen atoms in total. The molecule has 0 bridgehead atoms. The Morgan fingerprint density at radius 3 is 2.52 bits per heavy atom. The third-order valence-electron chi connectivity index (χ3n) is 5.02. The summed E-state index contributed by atoms with van der Waals surface area (Å²) in [5.41, 5.74) is 1.83. The van der Waals surface area contributed by atoms with Crippen molar-refractivity contribution >= 4 is 33.1 Å². The molecule has 0 atom stereocenters. The number of anilines is 1. The Morgan fingerprint density at radius 1 is 1.17 bits per heavy atom. The number of halogens is 2. The van der Waals surface area contributed by atoms with Crippen LogP contribution in [0.4, 0.5) is 14.5 Å². The molecule has 8 heteroatoms. The molecule has 2 aromatic carbocycles. The average Bonchev–Trinajstić information content (AvgIpc) is 3.10. The third-order valence-corrected chi connectivity index (χ3v) is 5.91. The topological polar surface area (TPSA) is 45.7 Å². The predicted octanol–water partition coefficient (Wildman–Crippen LogP) is 4.32. The standard InChI is InChI=1S/C21H21F2N3O2S/c1-25(2)15-5-3-13(4-6-15)20(27)26-9-7-16(8-10-26)28-21-24-19-17(23)11-14(22)12-18(19)29-21/h3-6,11-12,16H,7-10H2,1-2H3. The van der Waals surface area contributed by atoms with Crippen LogP contribution in [0.1, 0.15) is 23.2 Å². The number of aromatic nitrogens is 1. The Kier molecular flexibility index (Phi) is 5.36. The molecule has 0 N–H and O–H groups in total. The Morgan fingerprint density at radius 2 is 1.86 bits per heavy atom. The number of benzene rings is 2. The lowest BCUT2D eigenvalue weighted by Crippen LogP contribution is -2.41. The van der Waals surface area contributed by atoms with Gasteiger partial charge in [-0.05, 0) is 30.3 Å². The lowest BCUT2D eigenvalue weighted by molar-refractivity contribution is 0.0595. The van der Waals surface area contributed by atoms with E-state index in [1.54, 1.807) is 0 Å². The summed E-state index contributed by atoms with van der Waals surface area (Å²) < 4.78 is 33.5. The molecule has 3 aromatic rings. The number of piperidine rings is 1. The second-order valence-corrected chi connectivity index (χ2v) is 8.26. The minimum absolute atomic E-state index is 0.00582. The van der Waals surface area contributed by atoms with E-state index in [4.69, 9.17) is 4.74 Å². The Hall–Kier alpha value is -2.74. The fourth-order valence-corrected chi connectivity index (χ4v) is 4.31. The molecule has 0 aliphatic carbocycles. The SMILES string of the molecule is CN(C)c1ccc(C(=O)N2CCC(Oc3nc4c(F)cc(F)cc4s3)CC2)cc1. The molecule has 1 aliphatic heterocycles. The number of thiazole rings is 1. The number of amides is 1. The molecule has 29 heavy (non-hydrogen) atoms. The maximum absolute atomic E-state index is 13.8. The van der Waals surface area contributed by atoms with E-state index in [0.29, 0.717) is 41.4 Å². The van der Waals surface area contributed by atoms with Gasteiger partial charge >= 0.3 is 0 Å². The molecule has 152 valence electrons. The molecule has 0 radical (unpaired) electrons. The van der Waals surface area contributed by atoms with E-state index in [9.17, 15) is 13.6 Å². The number of rotatable bonds is 4. The number of nitrogens with zero attached hydrogens (tertiary/aromatic N) is 3. The van der Waals surface area contributed by atoms with E-state index in [1.165, 1.54) is 6.07 Å². The van der Waals surface area contributed by atoms with Gasteiger partial charge in [-0.2, -0.15) is 4.98 Å². The van der Waals surface area contributed by atoms with Crippen molar-refractivity contribution in [1.29, 1.82) is 0 Å². The van der Waals surface area contributed by atoms with E-state index >= 15 is 0 Å². The minimum atomic E-state index is -0.688. The van der Waals surface area contributed by atoms with Crippen LogP contribution in [0.15, 0.2) is 36.4 Å². The number of carbonyl (C=O) groups is 1. The average molecular weight is 417 g/mol. The molecular weight excluding hydrogens is 396 g/mol. The van der Waals surface area contributed by atoms with Crippen LogP contribution in [-0.4, -0.2) is 49.1 Å². The highest BCUT2D eigenvalue weighted by Crippen LogP contribution is 2.32. The summed E-state index contributed by atoms with van der Waals surface area (Å²) in [7, 11) is 3.91. The normalized spacial score (nSPS) is 15.0. The van der Waals surface area contributed by atoms with E-state index in [0.717, 1.165) is 23.1 Å². The van der Waals surface area contributed by atoms with Crippen molar-refractivity contribution in [3.05, 3.63) is 53.6 Å². The fourth-order valence-electron chi connectivity index (χ4n) is 3.39. The van der Waals surface area contributed by atoms with Gasteiger partial charge in [-0.3, -0.25) is 4.79 Å². The number of hydrogen-bond acceptors (Lipinski definition) is 5. The number of likely N-dealkylation sites (tertiary alicyclic amines) is 1. The van der Waals surface area contributed by atoms with Gasteiger partial charge in [-0.25, -0.2) is 8.78 Å². The Labute approximate surface area is 171 Å². The summed E-state index contributed by atoms with van der Waals surface area (Å²) in [5.74, 6) is -1.31. The Balaban J connectivity index is 1.37. The van der Waals surface area contributed by atoms with Crippen LogP contribution in [-0.2, 0) is 0 Å². The molecule has 1 fully saturated rings. The van der Waals surface area contributed by atoms with Gasteiger partial charge in [0.15, 0.2) is 5.82 Å². The van der Waals surface area contributed by atoms with Crippen molar-refractivity contribution in [2.45, 2.75) is 18.9 Å². The molecule has 0 saturated carbocycles. The van der Waals surface area contributed by atoms with Gasteiger partial charge in [-0.1, -0.05) is 11.3 Å². The second kappa shape index (κ2) is 7.94. The van der Waals surface area contributed by atoms with Crippen molar-refractivity contribution in [3.63, 3.8) is 0 Å². The van der Waals surface area contributed by atoms with Crippen LogP contribution in [0.5, 0.6) is 5.19 Å². The summed E-state index contributed by atoms with van der Waals surface area (Å²) in [6, 6.07) is 9.62. The molecule has 2 heterocycles. The van der Waals surface area contributed by atoms with Gasteiger partial charge in [0.05, 0.1) is 4.70 Å². The smallest absolute Gasteiger partial charge is 0.274 e. The highest BCUT2D eigenvalue weighted by Gasteiger charge is 2.25.